The number of benzene rings is 7. The summed E-state index contributed by atoms with van der Waals surface area (Å²) in [5.41, 5.74) is 1.88. The first-order valence-corrected chi connectivity index (χ1v) is 16.7. The Hall–Kier alpha value is -7.86. The van der Waals surface area contributed by atoms with Gasteiger partial charge in [-0.25, -0.2) is 0 Å². The van der Waals surface area contributed by atoms with E-state index in [1.165, 1.54) is 0 Å². The normalized spacial score (nSPS) is 10.7. The predicted octanol–water partition coefficient (Wildman–Crippen LogP) is 11.6. The van der Waals surface area contributed by atoms with Gasteiger partial charge in [-0.3, -0.25) is 30.3 Å². The van der Waals surface area contributed by atoms with Crippen LogP contribution >= 0.6 is 0 Å². The van der Waals surface area contributed by atoms with Gasteiger partial charge in [-0.15, -0.1) is 0 Å². The minimum Gasteiger partial charge on any atom is -0.344 e. The van der Waals surface area contributed by atoms with E-state index in [2.05, 4.69) is 16.0 Å². The maximum Gasteiger partial charge on any atom is 0.330 e. The Labute approximate surface area is 308 Å². The first kappa shape index (κ1) is 34.6. The molecule has 54 heavy (non-hydrogen) atoms. The summed E-state index contributed by atoms with van der Waals surface area (Å²) in [5, 5.41) is 47.5. The number of rotatable bonds is 12. The van der Waals surface area contributed by atoms with Crippen LogP contribution in [0.5, 0.6) is 0 Å². The first-order chi connectivity index (χ1) is 26.3. The van der Waals surface area contributed by atoms with Crippen LogP contribution in [-0.2, 0) is 0 Å². The summed E-state index contributed by atoms with van der Waals surface area (Å²) >= 11 is 0. The van der Waals surface area contributed by atoms with Crippen molar-refractivity contribution < 1.29 is 14.8 Å². The predicted molar refractivity (Wildman–Crippen MR) is 212 cm³/mol. The molecule has 0 heterocycles. The van der Waals surface area contributed by atoms with Crippen LogP contribution in [0.4, 0.5) is 51.2 Å². The van der Waals surface area contributed by atoms with E-state index in [-0.39, 0.29) is 17.1 Å². The number of nitrogens with zero attached hydrogens (tertiary/aromatic N) is 3. The molecule has 0 atom stereocenters. The van der Waals surface area contributed by atoms with E-state index in [0.29, 0.717) is 0 Å². The Morgan fingerprint density at radius 3 is 0.704 bits per heavy atom. The Balaban J connectivity index is 1.39. The van der Waals surface area contributed by atoms with Gasteiger partial charge in [-0.2, -0.15) is 0 Å². The van der Waals surface area contributed by atoms with E-state index in [1.54, 1.807) is 72.8 Å². The van der Waals surface area contributed by atoms with Gasteiger partial charge in [0.2, 0.25) is 17.1 Å². The molecule has 7 rings (SSSR count). The van der Waals surface area contributed by atoms with Crippen molar-refractivity contribution in [3.05, 3.63) is 194 Å². The average molecular weight is 715 g/mol. The Morgan fingerprint density at radius 2 is 0.500 bits per heavy atom. The molecule has 7 aromatic rings. The molecule has 0 spiro atoms. The third-order valence-corrected chi connectivity index (χ3v) is 8.75. The highest BCUT2D eigenvalue weighted by Crippen LogP contribution is 2.55. The van der Waals surface area contributed by atoms with Crippen LogP contribution in [0.1, 0.15) is 0 Å². The van der Waals surface area contributed by atoms with Gasteiger partial charge in [0, 0.05) is 17.1 Å². The quantitative estimate of drug-likeness (QED) is 0.0824. The van der Waals surface area contributed by atoms with Crippen LogP contribution in [-0.4, -0.2) is 14.8 Å². The second-order valence-corrected chi connectivity index (χ2v) is 12.1. The van der Waals surface area contributed by atoms with Crippen LogP contribution in [0, 0.1) is 30.3 Å². The van der Waals surface area contributed by atoms with E-state index >= 15 is 0 Å². The van der Waals surface area contributed by atoms with Gasteiger partial charge in [-0.1, -0.05) is 127 Å². The maximum absolute atomic E-state index is 13.0. The second-order valence-electron chi connectivity index (χ2n) is 12.1. The third kappa shape index (κ3) is 7.29. The monoisotopic (exact) mass is 714 g/mol. The summed E-state index contributed by atoms with van der Waals surface area (Å²) in [6, 6.07) is 48.9. The molecule has 0 saturated heterocycles. The van der Waals surface area contributed by atoms with Gasteiger partial charge in [0.05, 0.1) is 14.8 Å². The number of nitrogens with one attached hydrogen (secondary N) is 3. The molecular weight excluding hydrogens is 684 g/mol. The van der Waals surface area contributed by atoms with E-state index < -0.39 is 48.9 Å². The molecule has 12 heteroatoms. The van der Waals surface area contributed by atoms with Gasteiger partial charge in [0.25, 0.3) is 0 Å². The summed E-state index contributed by atoms with van der Waals surface area (Å²) in [6.07, 6.45) is 0. The van der Waals surface area contributed by atoms with Crippen molar-refractivity contribution >= 4 is 51.2 Å². The number of nitro benzene ring substituents is 3. The Kier molecular flexibility index (Phi) is 9.72. The average Bonchev–Trinajstić information content (AvgIpc) is 3.19. The van der Waals surface area contributed by atoms with Gasteiger partial charge in [0.15, 0.2) is 0 Å². The standard InChI is InChI=1S/C42H30N6O6/c49-46(50)40-37(43-34-22-16-31(17-23-34)28-10-4-1-5-11-28)41(47(51)52)39(45-36-26-20-33(21-27-36)30-14-8-3-9-15-30)42(48(53)54)38(40)44-35-24-18-32(19-25-35)29-12-6-2-7-13-29/h1-27,43-45H. The van der Waals surface area contributed by atoms with Crippen molar-refractivity contribution in [1.82, 2.24) is 0 Å². The minimum absolute atomic E-state index is 0.283. The lowest BCUT2D eigenvalue weighted by atomic mass is 10.0. The Morgan fingerprint density at radius 1 is 0.296 bits per heavy atom. The number of hydrogen-bond donors (Lipinski definition) is 3. The van der Waals surface area contributed by atoms with E-state index in [4.69, 9.17) is 0 Å². The minimum atomic E-state index is -0.877. The number of anilines is 6. The lowest BCUT2D eigenvalue weighted by Crippen LogP contribution is -2.11. The zero-order chi connectivity index (χ0) is 37.6. The van der Waals surface area contributed by atoms with Gasteiger partial charge in [0.1, 0.15) is 0 Å². The summed E-state index contributed by atoms with van der Waals surface area (Å²) in [5.74, 6) is 0. The van der Waals surface area contributed by atoms with Crippen LogP contribution in [0.15, 0.2) is 164 Å². The molecule has 264 valence electrons. The molecule has 0 fully saturated rings. The van der Waals surface area contributed by atoms with Crippen molar-refractivity contribution in [3.8, 4) is 33.4 Å². The maximum atomic E-state index is 13.0. The molecule has 7 aromatic carbocycles. The van der Waals surface area contributed by atoms with E-state index in [9.17, 15) is 30.3 Å². The summed E-state index contributed by atoms with van der Waals surface area (Å²) < 4.78 is 0. The van der Waals surface area contributed by atoms with Gasteiger partial charge in [-0.05, 0) is 69.8 Å². The second kappa shape index (κ2) is 15.2. The van der Waals surface area contributed by atoms with E-state index in [1.807, 2.05) is 91.0 Å². The largest absolute Gasteiger partial charge is 0.344 e. The molecular formula is C42H30N6O6. The summed E-state index contributed by atoms with van der Waals surface area (Å²) in [4.78, 5) is 36.3. The lowest BCUT2D eigenvalue weighted by Gasteiger charge is -2.17. The zero-order valence-electron chi connectivity index (χ0n) is 28.4. The zero-order valence-corrected chi connectivity index (χ0v) is 28.4. The molecule has 0 aromatic heterocycles. The summed E-state index contributed by atoms with van der Waals surface area (Å²) in [7, 11) is 0. The third-order valence-electron chi connectivity index (χ3n) is 8.75. The highest BCUT2D eigenvalue weighted by molar-refractivity contribution is 6.03. The molecule has 0 saturated carbocycles. The highest BCUT2D eigenvalue weighted by Gasteiger charge is 2.43. The van der Waals surface area contributed by atoms with Crippen molar-refractivity contribution in [2.75, 3.05) is 16.0 Å². The molecule has 0 bridgehead atoms. The number of hydrogen-bond acceptors (Lipinski definition) is 9. The Bertz CT molecular complexity index is 2160. The van der Waals surface area contributed by atoms with Crippen LogP contribution in [0.25, 0.3) is 33.4 Å². The molecule has 0 amide bonds. The van der Waals surface area contributed by atoms with Crippen molar-refractivity contribution in [3.63, 3.8) is 0 Å². The van der Waals surface area contributed by atoms with Crippen molar-refractivity contribution in [2.24, 2.45) is 0 Å². The van der Waals surface area contributed by atoms with Crippen LogP contribution < -0.4 is 16.0 Å². The number of nitro groups is 3. The highest BCUT2D eigenvalue weighted by atomic mass is 16.6. The first-order valence-electron chi connectivity index (χ1n) is 16.7. The molecule has 0 unspecified atom stereocenters. The van der Waals surface area contributed by atoms with Gasteiger partial charge < -0.3 is 16.0 Å². The molecule has 0 radical (unpaired) electrons. The van der Waals surface area contributed by atoms with Crippen LogP contribution in [0.2, 0.25) is 0 Å². The smallest absolute Gasteiger partial charge is 0.330 e. The molecule has 0 aliphatic heterocycles. The molecule has 0 aliphatic rings. The fourth-order valence-corrected chi connectivity index (χ4v) is 6.18. The molecule has 0 aliphatic carbocycles. The fraction of sp³-hybridized carbons (Fsp3) is 0. The van der Waals surface area contributed by atoms with Gasteiger partial charge >= 0.3 is 17.1 Å². The molecule has 3 N–H and O–H groups in total. The topological polar surface area (TPSA) is 166 Å². The van der Waals surface area contributed by atoms with Crippen molar-refractivity contribution in [2.45, 2.75) is 0 Å². The molecule has 12 nitrogen and oxygen atoms in total. The lowest BCUT2D eigenvalue weighted by molar-refractivity contribution is -0.399. The van der Waals surface area contributed by atoms with Crippen LogP contribution in [0.3, 0.4) is 0 Å². The summed E-state index contributed by atoms with van der Waals surface area (Å²) in [6.45, 7) is 0. The fourth-order valence-electron chi connectivity index (χ4n) is 6.18. The van der Waals surface area contributed by atoms with Crippen molar-refractivity contribution in [1.29, 1.82) is 0 Å². The van der Waals surface area contributed by atoms with E-state index in [0.717, 1.165) is 33.4 Å². The SMILES string of the molecule is O=[N+]([O-])c1c(Nc2ccc(-c3ccccc3)cc2)c([N+](=O)[O-])c(Nc2ccc(-c3ccccc3)cc2)c([N+](=O)[O-])c1Nc1ccc(-c2ccccc2)cc1.